The first-order chi connectivity index (χ1) is 7.38. The lowest BCUT2D eigenvalue weighted by Crippen LogP contribution is -2.15. The van der Waals surface area contributed by atoms with E-state index in [9.17, 15) is 13.2 Å². The number of halogens is 3. The van der Waals surface area contributed by atoms with E-state index in [0.29, 0.717) is 5.69 Å². The van der Waals surface area contributed by atoms with Gasteiger partial charge in [-0.15, -0.1) is 0 Å². The molecule has 0 bridgehead atoms. The number of nitrogens with one attached hydrogen (secondary N) is 1. The Kier molecular flexibility index (Phi) is 4.04. The Morgan fingerprint density at radius 1 is 1.25 bits per heavy atom. The van der Waals surface area contributed by atoms with Crippen LogP contribution >= 0.6 is 0 Å². The fourth-order valence-electron chi connectivity index (χ4n) is 1.24. The SMILES string of the molecule is CN(C)c1cccc(NCCC(F)(F)F)c1. The van der Waals surface area contributed by atoms with E-state index in [1.807, 2.05) is 37.2 Å². The average molecular weight is 232 g/mol. The molecular weight excluding hydrogens is 217 g/mol. The van der Waals surface area contributed by atoms with Crippen LogP contribution in [-0.2, 0) is 0 Å². The van der Waals surface area contributed by atoms with Gasteiger partial charge in [-0.1, -0.05) is 6.07 Å². The minimum absolute atomic E-state index is 0.0968. The Hall–Kier alpha value is -1.39. The third-order valence-electron chi connectivity index (χ3n) is 2.10. The molecule has 1 aromatic carbocycles. The number of hydrogen-bond donors (Lipinski definition) is 1. The third-order valence-corrected chi connectivity index (χ3v) is 2.10. The van der Waals surface area contributed by atoms with Crippen LogP contribution in [-0.4, -0.2) is 26.8 Å². The molecule has 0 atom stereocenters. The molecule has 0 saturated heterocycles. The van der Waals surface area contributed by atoms with Gasteiger partial charge in [0.1, 0.15) is 0 Å². The van der Waals surface area contributed by atoms with Crippen molar-refractivity contribution in [3.63, 3.8) is 0 Å². The summed E-state index contributed by atoms with van der Waals surface area (Å²) in [6, 6.07) is 7.28. The lowest BCUT2D eigenvalue weighted by molar-refractivity contribution is -0.131. The molecule has 0 heterocycles. The van der Waals surface area contributed by atoms with Gasteiger partial charge in [0.2, 0.25) is 0 Å². The van der Waals surface area contributed by atoms with E-state index in [1.54, 1.807) is 6.07 Å². The zero-order valence-corrected chi connectivity index (χ0v) is 9.30. The third kappa shape index (κ3) is 4.42. The molecule has 2 nitrogen and oxygen atoms in total. The lowest BCUT2D eigenvalue weighted by atomic mass is 10.2. The van der Waals surface area contributed by atoms with Crippen LogP contribution < -0.4 is 10.2 Å². The lowest BCUT2D eigenvalue weighted by Gasteiger charge is -2.14. The van der Waals surface area contributed by atoms with E-state index >= 15 is 0 Å². The molecule has 0 amide bonds. The molecule has 0 fully saturated rings. The number of benzene rings is 1. The van der Waals surface area contributed by atoms with E-state index in [0.717, 1.165) is 5.69 Å². The van der Waals surface area contributed by atoms with E-state index in [4.69, 9.17) is 0 Å². The molecule has 90 valence electrons. The predicted molar refractivity (Wildman–Crippen MR) is 59.9 cm³/mol. The number of alkyl halides is 3. The minimum atomic E-state index is -4.11. The Bertz CT molecular complexity index is 334. The highest BCUT2D eigenvalue weighted by Gasteiger charge is 2.25. The smallest absolute Gasteiger partial charge is 0.385 e. The van der Waals surface area contributed by atoms with Crippen molar-refractivity contribution < 1.29 is 13.2 Å². The molecule has 0 radical (unpaired) electrons. The standard InChI is InChI=1S/C11H15F3N2/c1-16(2)10-5-3-4-9(8-10)15-7-6-11(12,13)14/h3-5,8,15H,6-7H2,1-2H3. The molecule has 1 rings (SSSR count). The molecule has 0 saturated carbocycles. The summed E-state index contributed by atoms with van der Waals surface area (Å²) in [5.41, 5.74) is 1.66. The topological polar surface area (TPSA) is 15.3 Å². The summed E-state index contributed by atoms with van der Waals surface area (Å²) in [5, 5.41) is 2.75. The quantitative estimate of drug-likeness (QED) is 0.858. The molecule has 0 aliphatic carbocycles. The zero-order valence-electron chi connectivity index (χ0n) is 9.30. The number of anilines is 2. The number of nitrogens with zero attached hydrogens (tertiary/aromatic N) is 1. The van der Waals surface area contributed by atoms with Crippen LogP contribution in [0.1, 0.15) is 6.42 Å². The largest absolute Gasteiger partial charge is 0.390 e. The van der Waals surface area contributed by atoms with E-state index in [-0.39, 0.29) is 6.54 Å². The van der Waals surface area contributed by atoms with Crippen molar-refractivity contribution in [2.24, 2.45) is 0 Å². The van der Waals surface area contributed by atoms with Gasteiger partial charge >= 0.3 is 6.18 Å². The van der Waals surface area contributed by atoms with Gasteiger partial charge < -0.3 is 10.2 Å². The van der Waals surface area contributed by atoms with Crippen LogP contribution in [0.25, 0.3) is 0 Å². The van der Waals surface area contributed by atoms with Crippen molar-refractivity contribution in [2.75, 3.05) is 30.9 Å². The van der Waals surface area contributed by atoms with Gasteiger partial charge in [-0.05, 0) is 18.2 Å². The average Bonchev–Trinajstić information content (AvgIpc) is 2.16. The summed E-state index contributed by atoms with van der Waals surface area (Å²) < 4.78 is 35.8. The van der Waals surface area contributed by atoms with Crippen molar-refractivity contribution in [2.45, 2.75) is 12.6 Å². The number of hydrogen-bond acceptors (Lipinski definition) is 2. The molecule has 0 unspecified atom stereocenters. The first-order valence-electron chi connectivity index (χ1n) is 4.96. The molecule has 0 aliphatic rings. The Balaban J connectivity index is 2.51. The Morgan fingerprint density at radius 2 is 1.94 bits per heavy atom. The molecule has 16 heavy (non-hydrogen) atoms. The van der Waals surface area contributed by atoms with Crippen LogP contribution in [0.15, 0.2) is 24.3 Å². The minimum Gasteiger partial charge on any atom is -0.385 e. The molecule has 0 aromatic heterocycles. The maximum Gasteiger partial charge on any atom is 0.390 e. The summed E-state index contributed by atoms with van der Waals surface area (Å²) in [6.07, 6.45) is -4.93. The summed E-state index contributed by atoms with van der Waals surface area (Å²) in [5.74, 6) is 0. The van der Waals surface area contributed by atoms with E-state index in [1.165, 1.54) is 0 Å². The summed E-state index contributed by atoms with van der Waals surface area (Å²) in [7, 11) is 3.77. The summed E-state index contributed by atoms with van der Waals surface area (Å²) >= 11 is 0. The van der Waals surface area contributed by atoms with Crippen LogP contribution in [0.3, 0.4) is 0 Å². The highest BCUT2D eigenvalue weighted by Crippen LogP contribution is 2.21. The van der Waals surface area contributed by atoms with Gasteiger partial charge in [0.25, 0.3) is 0 Å². The predicted octanol–water partition coefficient (Wildman–Crippen LogP) is 3.12. The monoisotopic (exact) mass is 232 g/mol. The van der Waals surface area contributed by atoms with Gasteiger partial charge in [0, 0.05) is 32.0 Å². The van der Waals surface area contributed by atoms with Gasteiger partial charge in [-0.25, -0.2) is 0 Å². The van der Waals surface area contributed by atoms with Crippen molar-refractivity contribution in [3.05, 3.63) is 24.3 Å². The summed E-state index contributed by atoms with van der Waals surface area (Å²) in [6.45, 7) is -0.0968. The second-order valence-electron chi connectivity index (χ2n) is 3.74. The molecule has 1 N–H and O–H groups in total. The number of rotatable bonds is 4. The maximum absolute atomic E-state index is 11.9. The van der Waals surface area contributed by atoms with Crippen molar-refractivity contribution >= 4 is 11.4 Å². The molecular formula is C11H15F3N2. The fourth-order valence-corrected chi connectivity index (χ4v) is 1.24. The molecule has 0 spiro atoms. The van der Waals surface area contributed by atoms with E-state index in [2.05, 4.69) is 5.32 Å². The van der Waals surface area contributed by atoms with Crippen molar-refractivity contribution in [3.8, 4) is 0 Å². The van der Waals surface area contributed by atoms with Gasteiger partial charge in [-0.3, -0.25) is 0 Å². The molecule has 1 aromatic rings. The summed E-state index contributed by atoms with van der Waals surface area (Å²) in [4.78, 5) is 1.90. The van der Waals surface area contributed by atoms with Gasteiger partial charge in [-0.2, -0.15) is 13.2 Å². The van der Waals surface area contributed by atoms with Crippen LogP contribution in [0.5, 0.6) is 0 Å². The first kappa shape index (κ1) is 12.7. The first-order valence-corrected chi connectivity index (χ1v) is 4.96. The van der Waals surface area contributed by atoms with Crippen molar-refractivity contribution in [1.29, 1.82) is 0 Å². The maximum atomic E-state index is 11.9. The zero-order chi connectivity index (χ0) is 12.2. The van der Waals surface area contributed by atoms with Crippen LogP contribution in [0.4, 0.5) is 24.5 Å². The van der Waals surface area contributed by atoms with Gasteiger partial charge in [0.15, 0.2) is 0 Å². The Labute approximate surface area is 93.1 Å². The molecule has 5 heteroatoms. The highest BCUT2D eigenvalue weighted by atomic mass is 19.4. The normalized spacial score (nSPS) is 11.3. The van der Waals surface area contributed by atoms with Crippen LogP contribution in [0.2, 0.25) is 0 Å². The Morgan fingerprint density at radius 3 is 2.50 bits per heavy atom. The van der Waals surface area contributed by atoms with Crippen LogP contribution in [0, 0.1) is 0 Å². The fraction of sp³-hybridized carbons (Fsp3) is 0.455. The van der Waals surface area contributed by atoms with E-state index < -0.39 is 12.6 Å². The van der Waals surface area contributed by atoms with Crippen molar-refractivity contribution in [1.82, 2.24) is 0 Å². The second kappa shape index (κ2) is 5.09. The highest BCUT2D eigenvalue weighted by molar-refractivity contribution is 5.57. The van der Waals surface area contributed by atoms with Gasteiger partial charge in [0.05, 0.1) is 6.42 Å². The second-order valence-corrected chi connectivity index (χ2v) is 3.74. The molecule has 0 aliphatic heterocycles.